The van der Waals surface area contributed by atoms with Gasteiger partial charge in [0.15, 0.2) is 0 Å². The van der Waals surface area contributed by atoms with Crippen molar-refractivity contribution in [2.75, 3.05) is 58.8 Å². The van der Waals surface area contributed by atoms with Crippen LogP contribution in [0.15, 0.2) is 72.8 Å². The lowest BCUT2D eigenvalue weighted by atomic mass is 9.86. The predicted octanol–water partition coefficient (Wildman–Crippen LogP) is 4.64. The number of esters is 1. The zero-order chi connectivity index (χ0) is 34.4. The minimum atomic E-state index is -1.97. The van der Waals surface area contributed by atoms with E-state index in [0.717, 1.165) is 45.2 Å². The number of benzene rings is 3. The van der Waals surface area contributed by atoms with E-state index in [1.54, 1.807) is 61.7 Å². The summed E-state index contributed by atoms with van der Waals surface area (Å²) in [6.45, 7) is 3.66. The lowest BCUT2D eigenvalue weighted by Gasteiger charge is -2.31. The molecule has 48 heavy (non-hydrogen) atoms. The summed E-state index contributed by atoms with van der Waals surface area (Å²) in [5.74, 6) is 0.175. The van der Waals surface area contributed by atoms with Gasteiger partial charge in [-0.3, -0.25) is 4.79 Å². The van der Waals surface area contributed by atoms with Gasteiger partial charge in [0.2, 0.25) is 5.60 Å². The van der Waals surface area contributed by atoms with Crippen LogP contribution in [0.5, 0.6) is 11.5 Å². The van der Waals surface area contributed by atoms with Crippen LogP contribution in [0.1, 0.15) is 60.5 Å². The Balaban J connectivity index is 1.26. The summed E-state index contributed by atoms with van der Waals surface area (Å²) in [6.07, 6.45) is 7.16. The number of phenolic OH excluding ortho intramolecular Hbond substituents is 1. The van der Waals surface area contributed by atoms with Crippen molar-refractivity contribution in [3.8, 4) is 11.5 Å². The van der Waals surface area contributed by atoms with Gasteiger partial charge in [0.25, 0.3) is 0 Å². The molecule has 0 radical (unpaired) electrons. The number of ether oxygens (including phenoxy) is 2. The van der Waals surface area contributed by atoms with E-state index >= 15 is 0 Å². The Morgan fingerprint density at radius 3 is 2.52 bits per heavy atom. The fraction of sp³-hybridized carbons (Fsp3) is 0.421. The first-order valence-electron chi connectivity index (χ1n) is 16.7. The molecule has 258 valence electrons. The quantitative estimate of drug-likeness (QED) is 0.0432. The van der Waals surface area contributed by atoms with Crippen molar-refractivity contribution in [1.29, 1.82) is 0 Å². The topological polar surface area (TPSA) is 141 Å². The number of rotatable bonds is 18. The van der Waals surface area contributed by atoms with Crippen molar-refractivity contribution in [3.05, 3.63) is 95.1 Å². The SMILES string of the molecule is CNc1c(O)ccc(C(O)CNCCCCCOc2cccc(C(O)(C(=O)OCC3CCN(C)CC3)c3ccccc3)c2)c1/C=C\C=O. The molecular weight excluding hydrogens is 610 g/mol. The van der Waals surface area contributed by atoms with Crippen LogP contribution in [-0.4, -0.2) is 86.0 Å². The highest BCUT2D eigenvalue weighted by atomic mass is 16.5. The van der Waals surface area contributed by atoms with Crippen LogP contribution in [0.2, 0.25) is 0 Å². The maximum atomic E-state index is 13.5. The Morgan fingerprint density at radius 1 is 1.04 bits per heavy atom. The Hall–Kier alpha value is -4.22. The molecule has 3 aromatic rings. The molecule has 3 aromatic carbocycles. The summed E-state index contributed by atoms with van der Waals surface area (Å²) >= 11 is 0. The Morgan fingerprint density at radius 2 is 1.79 bits per heavy atom. The number of phenols is 1. The monoisotopic (exact) mass is 659 g/mol. The average Bonchev–Trinajstić information content (AvgIpc) is 3.11. The molecule has 1 aliphatic rings. The molecule has 0 bridgehead atoms. The molecule has 0 amide bonds. The standard InChI is InChI=1S/C38H49N3O7/c1-39-36-33(15-10-23-42)32(16-17-34(36)43)35(44)26-40-20-7-4-8-24-47-31-14-9-13-30(25-31)38(46,29-11-5-3-6-12-29)37(45)48-27-28-18-21-41(2)22-19-28/h3,5-6,9-17,23,25,28,35,39-40,43-44,46H,4,7-8,18-22,24,26-27H2,1-2H3/b15-10-. The van der Waals surface area contributed by atoms with Gasteiger partial charge in [-0.15, -0.1) is 0 Å². The largest absolute Gasteiger partial charge is 0.506 e. The lowest BCUT2D eigenvalue weighted by Crippen LogP contribution is -2.40. The Kier molecular flexibility index (Phi) is 14.0. The number of aliphatic hydroxyl groups is 2. The molecule has 2 atom stereocenters. The van der Waals surface area contributed by atoms with Crippen LogP contribution >= 0.6 is 0 Å². The number of aromatic hydroxyl groups is 1. The van der Waals surface area contributed by atoms with Crippen LogP contribution in [0.4, 0.5) is 5.69 Å². The number of nitrogens with one attached hydrogen (secondary N) is 2. The second-order valence-corrected chi connectivity index (χ2v) is 12.3. The highest BCUT2D eigenvalue weighted by Crippen LogP contribution is 2.35. The second kappa shape index (κ2) is 18.4. The molecule has 1 heterocycles. The summed E-state index contributed by atoms with van der Waals surface area (Å²) in [5, 5.41) is 39.1. The van der Waals surface area contributed by atoms with E-state index in [9.17, 15) is 24.9 Å². The number of unbranched alkanes of at least 4 members (excludes halogenated alkanes) is 2. The fourth-order valence-corrected chi connectivity index (χ4v) is 5.98. The maximum Gasteiger partial charge on any atom is 0.347 e. The predicted molar refractivity (Wildman–Crippen MR) is 187 cm³/mol. The van der Waals surface area contributed by atoms with Crippen LogP contribution in [0, 0.1) is 5.92 Å². The Labute approximate surface area is 283 Å². The van der Waals surface area contributed by atoms with Gasteiger partial charge in [-0.05, 0) is 106 Å². The first kappa shape index (κ1) is 36.6. The highest BCUT2D eigenvalue weighted by Gasteiger charge is 2.42. The van der Waals surface area contributed by atoms with Crippen LogP contribution in [0.25, 0.3) is 6.08 Å². The summed E-state index contributed by atoms with van der Waals surface area (Å²) in [6, 6.07) is 19.0. The minimum Gasteiger partial charge on any atom is -0.506 e. The van der Waals surface area contributed by atoms with Gasteiger partial charge in [0, 0.05) is 24.7 Å². The van der Waals surface area contributed by atoms with E-state index in [-0.39, 0.29) is 18.3 Å². The molecule has 5 N–H and O–H groups in total. The number of anilines is 1. The van der Waals surface area contributed by atoms with E-state index in [0.29, 0.717) is 59.7 Å². The lowest BCUT2D eigenvalue weighted by molar-refractivity contribution is -0.164. The van der Waals surface area contributed by atoms with Crippen LogP contribution in [0.3, 0.4) is 0 Å². The molecule has 4 rings (SSSR count). The van der Waals surface area contributed by atoms with Crippen molar-refractivity contribution in [3.63, 3.8) is 0 Å². The number of hydrogen-bond acceptors (Lipinski definition) is 10. The van der Waals surface area contributed by atoms with Crippen molar-refractivity contribution in [2.45, 2.75) is 43.8 Å². The Bertz CT molecular complexity index is 1490. The minimum absolute atomic E-state index is 0.0358. The number of carbonyl (C=O) groups is 2. The summed E-state index contributed by atoms with van der Waals surface area (Å²) in [4.78, 5) is 26.7. The van der Waals surface area contributed by atoms with E-state index in [4.69, 9.17) is 9.47 Å². The van der Waals surface area contributed by atoms with Gasteiger partial charge in [0.05, 0.1) is 25.0 Å². The van der Waals surface area contributed by atoms with Gasteiger partial charge >= 0.3 is 5.97 Å². The number of carbonyl (C=O) groups excluding carboxylic acids is 2. The van der Waals surface area contributed by atoms with Gasteiger partial charge in [-0.25, -0.2) is 4.79 Å². The molecule has 0 spiro atoms. The summed E-state index contributed by atoms with van der Waals surface area (Å²) < 4.78 is 11.8. The first-order valence-corrected chi connectivity index (χ1v) is 16.7. The molecule has 2 unspecified atom stereocenters. The molecule has 0 aliphatic carbocycles. The van der Waals surface area contributed by atoms with E-state index in [2.05, 4.69) is 22.6 Å². The summed E-state index contributed by atoms with van der Waals surface area (Å²) in [7, 11) is 3.76. The molecule has 0 aromatic heterocycles. The van der Waals surface area contributed by atoms with Crippen LogP contribution in [-0.2, 0) is 19.9 Å². The van der Waals surface area contributed by atoms with Crippen LogP contribution < -0.4 is 15.4 Å². The second-order valence-electron chi connectivity index (χ2n) is 12.3. The molecule has 1 aliphatic heterocycles. The number of aliphatic hydroxyl groups excluding tert-OH is 1. The van der Waals surface area contributed by atoms with Gasteiger partial charge in [-0.1, -0.05) is 48.5 Å². The fourth-order valence-electron chi connectivity index (χ4n) is 5.98. The third-order valence-corrected chi connectivity index (χ3v) is 8.84. The normalized spacial score (nSPS) is 15.9. The summed E-state index contributed by atoms with van der Waals surface area (Å²) in [5.41, 5.74) is 0.470. The smallest absolute Gasteiger partial charge is 0.347 e. The maximum absolute atomic E-state index is 13.5. The van der Waals surface area contributed by atoms with E-state index < -0.39 is 17.7 Å². The van der Waals surface area contributed by atoms with Crippen molar-refractivity contribution >= 4 is 24.0 Å². The number of piperidine rings is 1. The molecule has 10 nitrogen and oxygen atoms in total. The van der Waals surface area contributed by atoms with Crippen molar-refractivity contribution < 1.29 is 34.4 Å². The number of aldehydes is 1. The highest BCUT2D eigenvalue weighted by molar-refractivity contribution is 5.85. The van der Waals surface area contributed by atoms with Crippen molar-refractivity contribution in [2.24, 2.45) is 5.92 Å². The zero-order valence-electron chi connectivity index (χ0n) is 27.9. The molecule has 10 heteroatoms. The molecular formula is C38H49N3O7. The number of likely N-dealkylation sites (tertiary alicyclic amines) is 1. The van der Waals surface area contributed by atoms with E-state index in [1.807, 2.05) is 12.1 Å². The van der Waals surface area contributed by atoms with Gasteiger partial charge in [0.1, 0.15) is 17.8 Å². The van der Waals surface area contributed by atoms with Gasteiger partial charge in [-0.2, -0.15) is 0 Å². The molecule has 1 fully saturated rings. The van der Waals surface area contributed by atoms with Crippen molar-refractivity contribution in [1.82, 2.24) is 10.2 Å². The zero-order valence-corrected chi connectivity index (χ0v) is 27.9. The molecule has 0 saturated carbocycles. The molecule has 1 saturated heterocycles. The number of hydrogen-bond donors (Lipinski definition) is 5. The third kappa shape index (κ3) is 9.67. The number of allylic oxidation sites excluding steroid dienone is 1. The first-order chi connectivity index (χ1) is 23.3. The third-order valence-electron chi connectivity index (χ3n) is 8.84. The van der Waals surface area contributed by atoms with Gasteiger partial charge < -0.3 is 40.3 Å². The number of nitrogens with zero attached hydrogens (tertiary/aromatic N) is 1. The average molecular weight is 660 g/mol. The van der Waals surface area contributed by atoms with E-state index in [1.165, 1.54) is 12.1 Å².